The third-order valence-electron chi connectivity index (χ3n) is 2.75. The molecule has 1 aromatic carbocycles. The summed E-state index contributed by atoms with van der Waals surface area (Å²) in [6, 6.07) is 2.40. The SMILES string of the molecule is O=C(O)c1ccc2c(c1C(F)(F)F)CCCN2. The van der Waals surface area contributed by atoms with E-state index in [9.17, 15) is 18.0 Å². The number of carboxylic acid groups (broad SMARTS) is 1. The molecule has 0 radical (unpaired) electrons. The van der Waals surface area contributed by atoms with Crippen molar-refractivity contribution in [1.29, 1.82) is 0 Å². The van der Waals surface area contributed by atoms with Gasteiger partial charge in [-0.15, -0.1) is 0 Å². The highest BCUT2D eigenvalue weighted by atomic mass is 19.4. The summed E-state index contributed by atoms with van der Waals surface area (Å²) in [6.45, 7) is 0.608. The van der Waals surface area contributed by atoms with Gasteiger partial charge >= 0.3 is 12.1 Å². The fraction of sp³-hybridized carbons (Fsp3) is 0.364. The molecule has 1 aromatic rings. The van der Waals surface area contributed by atoms with Gasteiger partial charge in [-0.05, 0) is 30.5 Å². The molecule has 0 amide bonds. The predicted molar refractivity (Wildman–Crippen MR) is 55.2 cm³/mol. The number of hydrogen-bond acceptors (Lipinski definition) is 2. The molecule has 17 heavy (non-hydrogen) atoms. The van der Waals surface area contributed by atoms with E-state index in [0.29, 0.717) is 18.7 Å². The number of fused-ring (bicyclic) bond motifs is 1. The van der Waals surface area contributed by atoms with E-state index >= 15 is 0 Å². The molecule has 0 atom stereocenters. The Morgan fingerprint density at radius 3 is 2.65 bits per heavy atom. The first-order valence-electron chi connectivity index (χ1n) is 5.11. The molecule has 2 N–H and O–H groups in total. The largest absolute Gasteiger partial charge is 0.478 e. The number of halogens is 3. The maximum absolute atomic E-state index is 12.9. The smallest absolute Gasteiger partial charge is 0.417 e. The van der Waals surface area contributed by atoms with Crippen molar-refractivity contribution in [1.82, 2.24) is 0 Å². The van der Waals surface area contributed by atoms with Gasteiger partial charge in [0.2, 0.25) is 0 Å². The second kappa shape index (κ2) is 3.94. The van der Waals surface area contributed by atoms with Crippen LogP contribution in [0.25, 0.3) is 0 Å². The Labute approximate surface area is 95.3 Å². The first-order valence-corrected chi connectivity index (χ1v) is 5.11. The fourth-order valence-corrected chi connectivity index (χ4v) is 2.06. The normalized spacial score (nSPS) is 15.0. The third-order valence-corrected chi connectivity index (χ3v) is 2.75. The van der Waals surface area contributed by atoms with Crippen molar-refractivity contribution in [3.05, 3.63) is 28.8 Å². The monoisotopic (exact) mass is 245 g/mol. The van der Waals surface area contributed by atoms with Gasteiger partial charge < -0.3 is 10.4 Å². The quantitative estimate of drug-likeness (QED) is 0.799. The molecule has 0 fully saturated rings. The lowest BCUT2D eigenvalue weighted by Gasteiger charge is -2.23. The van der Waals surface area contributed by atoms with Crippen LogP contribution in [0.4, 0.5) is 18.9 Å². The first kappa shape index (κ1) is 11.8. The summed E-state index contributed by atoms with van der Waals surface area (Å²) >= 11 is 0. The van der Waals surface area contributed by atoms with Gasteiger partial charge in [-0.3, -0.25) is 0 Å². The molecule has 2 rings (SSSR count). The van der Waals surface area contributed by atoms with Crippen LogP contribution in [0, 0.1) is 0 Å². The predicted octanol–water partition coefficient (Wildman–Crippen LogP) is 2.76. The van der Waals surface area contributed by atoms with E-state index in [1.165, 1.54) is 6.07 Å². The summed E-state index contributed by atoms with van der Waals surface area (Å²) in [4.78, 5) is 10.8. The minimum absolute atomic E-state index is 0.0589. The molecule has 1 aliphatic rings. The summed E-state index contributed by atoms with van der Waals surface area (Å²) in [7, 11) is 0. The molecule has 0 aromatic heterocycles. The zero-order chi connectivity index (χ0) is 12.6. The lowest BCUT2D eigenvalue weighted by molar-refractivity contribution is -0.138. The van der Waals surface area contributed by atoms with Crippen molar-refractivity contribution in [2.75, 3.05) is 11.9 Å². The number of aromatic carboxylic acids is 1. The lowest BCUT2D eigenvalue weighted by Crippen LogP contribution is -2.21. The molecule has 0 spiro atoms. The Kier molecular flexibility index (Phi) is 2.73. The van der Waals surface area contributed by atoms with Crippen LogP contribution in [0.3, 0.4) is 0 Å². The minimum Gasteiger partial charge on any atom is -0.478 e. The van der Waals surface area contributed by atoms with Crippen molar-refractivity contribution >= 4 is 11.7 Å². The van der Waals surface area contributed by atoms with Crippen molar-refractivity contribution in [2.45, 2.75) is 19.0 Å². The second-order valence-electron chi connectivity index (χ2n) is 3.85. The number of nitrogens with one attached hydrogen (secondary N) is 1. The van der Waals surface area contributed by atoms with Crippen LogP contribution in [0.5, 0.6) is 0 Å². The number of benzene rings is 1. The van der Waals surface area contributed by atoms with Gasteiger partial charge in [-0.25, -0.2) is 4.79 Å². The second-order valence-corrected chi connectivity index (χ2v) is 3.85. The topological polar surface area (TPSA) is 49.3 Å². The van der Waals surface area contributed by atoms with E-state index in [1.54, 1.807) is 0 Å². The van der Waals surface area contributed by atoms with Crippen molar-refractivity contribution < 1.29 is 23.1 Å². The van der Waals surface area contributed by atoms with Gasteiger partial charge in [0.15, 0.2) is 0 Å². The van der Waals surface area contributed by atoms with E-state index in [-0.39, 0.29) is 12.0 Å². The van der Waals surface area contributed by atoms with Gasteiger partial charge in [-0.2, -0.15) is 13.2 Å². The Morgan fingerprint density at radius 1 is 1.35 bits per heavy atom. The van der Waals surface area contributed by atoms with E-state index in [0.717, 1.165) is 6.07 Å². The average molecular weight is 245 g/mol. The van der Waals surface area contributed by atoms with Crippen LogP contribution < -0.4 is 5.32 Å². The highest BCUT2D eigenvalue weighted by molar-refractivity contribution is 5.91. The molecule has 0 saturated heterocycles. The Morgan fingerprint density at radius 2 is 2.06 bits per heavy atom. The molecule has 92 valence electrons. The van der Waals surface area contributed by atoms with E-state index in [4.69, 9.17) is 5.11 Å². The van der Waals surface area contributed by atoms with E-state index in [2.05, 4.69) is 5.32 Å². The molecule has 0 bridgehead atoms. The molecule has 0 saturated carbocycles. The zero-order valence-electron chi connectivity index (χ0n) is 8.77. The average Bonchev–Trinajstić information content (AvgIpc) is 2.26. The van der Waals surface area contributed by atoms with Gasteiger partial charge in [0.1, 0.15) is 0 Å². The molecule has 6 heteroatoms. The summed E-state index contributed by atoms with van der Waals surface area (Å²) < 4.78 is 38.7. The molecule has 1 aliphatic heterocycles. The number of hydrogen-bond donors (Lipinski definition) is 2. The van der Waals surface area contributed by atoms with Crippen molar-refractivity contribution in [3.63, 3.8) is 0 Å². The first-order chi connectivity index (χ1) is 7.91. The van der Waals surface area contributed by atoms with Gasteiger partial charge in [0.05, 0.1) is 11.1 Å². The van der Waals surface area contributed by atoms with Gasteiger partial charge in [0, 0.05) is 12.2 Å². The number of anilines is 1. The van der Waals surface area contributed by atoms with Crippen LogP contribution in [0.1, 0.15) is 27.9 Å². The highest BCUT2D eigenvalue weighted by Gasteiger charge is 2.39. The fourth-order valence-electron chi connectivity index (χ4n) is 2.06. The number of carbonyl (C=O) groups is 1. The van der Waals surface area contributed by atoms with Gasteiger partial charge in [-0.1, -0.05) is 0 Å². The van der Waals surface area contributed by atoms with Crippen LogP contribution in [0.2, 0.25) is 0 Å². The summed E-state index contributed by atoms with van der Waals surface area (Å²) in [5.41, 5.74) is -1.26. The third kappa shape index (κ3) is 2.07. The Balaban J connectivity index is 2.68. The standard InChI is InChI=1S/C11H10F3NO2/c12-11(13,14)9-6-2-1-5-15-8(6)4-3-7(9)10(16)17/h3-4,15H,1-2,5H2,(H,16,17). The van der Waals surface area contributed by atoms with E-state index in [1.807, 2.05) is 0 Å². The number of carboxylic acids is 1. The van der Waals surface area contributed by atoms with Crippen LogP contribution in [-0.2, 0) is 12.6 Å². The minimum atomic E-state index is -4.64. The number of rotatable bonds is 1. The lowest BCUT2D eigenvalue weighted by atomic mass is 9.93. The molecule has 3 nitrogen and oxygen atoms in total. The van der Waals surface area contributed by atoms with Gasteiger partial charge in [0.25, 0.3) is 0 Å². The summed E-state index contributed by atoms with van der Waals surface area (Å²) in [5, 5.41) is 11.7. The number of alkyl halides is 3. The Bertz CT molecular complexity index is 469. The zero-order valence-corrected chi connectivity index (χ0v) is 8.77. The van der Waals surface area contributed by atoms with Crippen LogP contribution in [-0.4, -0.2) is 17.6 Å². The summed E-state index contributed by atoms with van der Waals surface area (Å²) in [6.07, 6.45) is -3.82. The summed E-state index contributed by atoms with van der Waals surface area (Å²) in [5.74, 6) is -1.55. The van der Waals surface area contributed by atoms with E-state index < -0.39 is 23.3 Å². The van der Waals surface area contributed by atoms with Crippen molar-refractivity contribution in [2.24, 2.45) is 0 Å². The van der Waals surface area contributed by atoms with Crippen LogP contribution in [0.15, 0.2) is 12.1 Å². The molecule has 0 unspecified atom stereocenters. The molecule has 0 aliphatic carbocycles. The maximum Gasteiger partial charge on any atom is 0.417 e. The van der Waals surface area contributed by atoms with Crippen LogP contribution >= 0.6 is 0 Å². The maximum atomic E-state index is 12.9. The molecule has 1 heterocycles. The highest BCUT2D eigenvalue weighted by Crippen LogP contribution is 2.39. The van der Waals surface area contributed by atoms with Crippen molar-refractivity contribution in [3.8, 4) is 0 Å². The molecular weight excluding hydrogens is 235 g/mol. The Hall–Kier alpha value is -1.72. The molecular formula is C11H10F3NO2.